The fraction of sp³-hybridized carbons (Fsp3) is 0.883. The standard InChI is InChI=1S/C35H62N2O7.C15H28O4.C9H16O.CH2OS/c1-36(2)22-12-25-37(23-9-10-26-38)24-11-17-33(39)42-27-32(28-43-34(40)20-18-30-13-5-3-6-14-30)29-44-35(41)21-19-31-15-7-4-8-16-31;1-17-10-14(11-18-2)12-19-15(16)9-8-13-6-4-3-5-7-13;10-8-4-7-9-5-2-1-3-6-9;2-1-3/h26,30-32H,3-25,27-29H2,1-2H3;13-14H,3-12H2,1-2H3;8-9H,1-7H2;1H,(H,2,3). The third-order valence-electron chi connectivity index (χ3n) is 15.3. The van der Waals surface area contributed by atoms with Crippen LogP contribution < -0.4 is 0 Å². The summed E-state index contributed by atoms with van der Waals surface area (Å²) in [7, 11) is 7.40. The summed E-state index contributed by atoms with van der Waals surface area (Å²) in [4.78, 5) is 83.2. The molecule has 0 aromatic rings. The molecule has 15 nitrogen and oxygen atoms in total. The van der Waals surface area contributed by atoms with Crippen molar-refractivity contribution in [2.75, 3.05) is 94.1 Å². The Hall–Kier alpha value is -2.92. The van der Waals surface area contributed by atoms with Crippen molar-refractivity contribution in [1.82, 2.24) is 9.80 Å². The molecular formula is C60H108N2O13S. The van der Waals surface area contributed by atoms with Crippen molar-refractivity contribution in [2.24, 2.45) is 35.5 Å². The van der Waals surface area contributed by atoms with Gasteiger partial charge in [-0.3, -0.25) is 24.0 Å². The lowest BCUT2D eigenvalue weighted by Crippen LogP contribution is -2.30. The Bertz CT molecular complexity index is 1400. The van der Waals surface area contributed by atoms with Gasteiger partial charge in [0, 0.05) is 58.7 Å². The lowest BCUT2D eigenvalue weighted by molar-refractivity contribution is -0.154. The number of esters is 4. The Morgan fingerprint density at radius 2 is 0.750 bits per heavy atom. The molecule has 0 aliphatic heterocycles. The van der Waals surface area contributed by atoms with Gasteiger partial charge >= 0.3 is 23.9 Å². The Morgan fingerprint density at radius 1 is 0.434 bits per heavy atom. The van der Waals surface area contributed by atoms with E-state index in [1.54, 1.807) is 14.2 Å². The van der Waals surface area contributed by atoms with E-state index in [9.17, 15) is 28.8 Å². The highest BCUT2D eigenvalue weighted by Gasteiger charge is 2.22. The van der Waals surface area contributed by atoms with Crippen LogP contribution in [0.4, 0.5) is 0 Å². The van der Waals surface area contributed by atoms with Crippen LogP contribution in [0.5, 0.6) is 0 Å². The first-order chi connectivity index (χ1) is 37.0. The van der Waals surface area contributed by atoms with Crippen molar-refractivity contribution in [3.63, 3.8) is 0 Å². The van der Waals surface area contributed by atoms with Crippen LogP contribution in [0.15, 0.2) is 0 Å². The van der Waals surface area contributed by atoms with Gasteiger partial charge in [0.1, 0.15) is 32.4 Å². The van der Waals surface area contributed by atoms with Crippen LogP contribution in [0.1, 0.15) is 212 Å². The number of ether oxygens (including phenoxy) is 6. The fourth-order valence-corrected chi connectivity index (χ4v) is 10.9. The average molecular weight is 1100 g/mol. The molecule has 76 heavy (non-hydrogen) atoms. The number of carbonyl (C=O) groups is 7. The molecule has 4 fully saturated rings. The summed E-state index contributed by atoms with van der Waals surface area (Å²) >= 11 is 3.11. The predicted molar refractivity (Wildman–Crippen MR) is 304 cm³/mol. The minimum atomic E-state index is -0.387. The maximum atomic E-state index is 12.6. The first-order valence-electron chi connectivity index (χ1n) is 29.9. The zero-order chi connectivity index (χ0) is 55.7. The van der Waals surface area contributed by atoms with Crippen molar-refractivity contribution in [1.29, 1.82) is 0 Å². The monoisotopic (exact) mass is 1100 g/mol. The summed E-state index contributed by atoms with van der Waals surface area (Å²) < 4.78 is 32.2. The molecule has 4 saturated carbocycles. The van der Waals surface area contributed by atoms with Crippen molar-refractivity contribution >= 4 is 54.7 Å². The van der Waals surface area contributed by atoms with E-state index in [4.69, 9.17) is 33.2 Å². The van der Waals surface area contributed by atoms with Crippen molar-refractivity contribution in [3.8, 4) is 0 Å². The molecule has 4 aliphatic carbocycles. The van der Waals surface area contributed by atoms with Crippen LogP contribution in [0, 0.1) is 35.5 Å². The topological polar surface area (TPSA) is 181 Å². The van der Waals surface area contributed by atoms with Gasteiger partial charge in [-0.1, -0.05) is 128 Å². The molecule has 4 aliphatic rings. The van der Waals surface area contributed by atoms with Gasteiger partial charge in [-0.2, -0.15) is 0 Å². The molecule has 4 rings (SSSR count). The molecule has 0 aromatic heterocycles. The molecule has 0 unspecified atom stereocenters. The van der Waals surface area contributed by atoms with Gasteiger partial charge in [-0.25, -0.2) is 0 Å². The number of rotatable bonds is 36. The van der Waals surface area contributed by atoms with Gasteiger partial charge < -0.3 is 47.8 Å². The highest BCUT2D eigenvalue weighted by molar-refractivity contribution is 7.94. The van der Waals surface area contributed by atoms with Crippen LogP contribution in [0.2, 0.25) is 0 Å². The minimum Gasteiger partial charge on any atom is -0.465 e. The second-order valence-electron chi connectivity index (χ2n) is 22.3. The molecule has 0 amide bonds. The van der Waals surface area contributed by atoms with Gasteiger partial charge in [0.2, 0.25) is 0 Å². The Kier molecular flexibility index (Phi) is 47.1. The summed E-state index contributed by atoms with van der Waals surface area (Å²) in [5.74, 6) is 1.70. The number of thiol groups is 1. The Morgan fingerprint density at radius 3 is 1.09 bits per heavy atom. The van der Waals surface area contributed by atoms with E-state index in [1.165, 1.54) is 128 Å². The number of hydrogen-bond acceptors (Lipinski definition) is 15. The first-order valence-corrected chi connectivity index (χ1v) is 30.4. The second-order valence-corrected chi connectivity index (χ2v) is 22.5. The summed E-state index contributed by atoms with van der Waals surface area (Å²) in [5.41, 5.74) is 0.444. The van der Waals surface area contributed by atoms with Crippen LogP contribution >= 0.6 is 12.6 Å². The highest BCUT2D eigenvalue weighted by atomic mass is 32.1. The molecule has 0 N–H and O–H groups in total. The van der Waals surface area contributed by atoms with Crippen molar-refractivity contribution in [2.45, 2.75) is 212 Å². The van der Waals surface area contributed by atoms with E-state index in [0.29, 0.717) is 69.4 Å². The maximum Gasteiger partial charge on any atom is 0.305 e. The predicted octanol–water partition coefficient (Wildman–Crippen LogP) is 11.4. The zero-order valence-electron chi connectivity index (χ0n) is 48.3. The molecular weight excluding hydrogens is 989 g/mol. The molecule has 0 bridgehead atoms. The van der Waals surface area contributed by atoms with Crippen LogP contribution in [-0.4, -0.2) is 146 Å². The van der Waals surface area contributed by atoms with Crippen LogP contribution in [0.3, 0.4) is 0 Å². The van der Waals surface area contributed by atoms with E-state index in [-0.39, 0.29) is 62.0 Å². The van der Waals surface area contributed by atoms with E-state index >= 15 is 0 Å². The second kappa shape index (κ2) is 50.3. The molecule has 0 radical (unpaired) electrons. The van der Waals surface area contributed by atoms with Crippen LogP contribution in [-0.2, 0) is 62.0 Å². The zero-order valence-corrected chi connectivity index (χ0v) is 49.1. The number of methoxy groups -OCH3 is 2. The number of carbonyl (C=O) groups excluding carboxylic acids is 7. The minimum absolute atomic E-state index is 0.0521. The fourth-order valence-electron chi connectivity index (χ4n) is 10.9. The van der Waals surface area contributed by atoms with Gasteiger partial charge in [0.15, 0.2) is 5.62 Å². The van der Waals surface area contributed by atoms with Gasteiger partial charge in [-0.05, 0) is 109 Å². The Labute approximate surface area is 466 Å². The SMILES string of the molecule is CN(C)CCCN(CCCC=O)CCCC(=O)OCC(COC(=O)CCC1CCCCC1)COC(=O)CCC1CCCCC1.COCC(COC)COC(=O)CCC1CCCCC1.O=CCCC1CCCCC1.O=CS. The quantitative estimate of drug-likeness (QED) is 0.0206. The molecule has 0 heterocycles. The molecule has 0 atom stereocenters. The molecule has 0 saturated heterocycles. The van der Waals surface area contributed by atoms with E-state index in [0.717, 1.165) is 95.5 Å². The number of nitrogens with zero attached hydrogens (tertiary/aromatic N) is 2. The Balaban J connectivity index is 0.000000729. The largest absolute Gasteiger partial charge is 0.465 e. The molecule has 0 aromatic carbocycles. The van der Waals surface area contributed by atoms with Gasteiger partial charge in [-0.15, -0.1) is 12.6 Å². The number of hydrogen-bond donors (Lipinski definition) is 1. The average Bonchev–Trinajstić information content (AvgIpc) is 3.43. The number of aldehydes is 2. The third kappa shape index (κ3) is 42.1. The third-order valence-corrected chi connectivity index (χ3v) is 15.3. The number of unbranched alkanes of at least 4 members (excludes halogenated alkanes) is 1. The highest BCUT2D eigenvalue weighted by Crippen LogP contribution is 2.30. The van der Waals surface area contributed by atoms with E-state index < -0.39 is 0 Å². The van der Waals surface area contributed by atoms with Crippen LogP contribution in [0.25, 0.3) is 0 Å². The lowest BCUT2D eigenvalue weighted by atomic mass is 9.86. The van der Waals surface area contributed by atoms with Crippen molar-refractivity contribution < 1.29 is 62.0 Å². The lowest BCUT2D eigenvalue weighted by Gasteiger charge is -2.23. The van der Waals surface area contributed by atoms with E-state index in [2.05, 4.69) is 36.5 Å². The summed E-state index contributed by atoms with van der Waals surface area (Å²) in [6.45, 7) is 5.22. The van der Waals surface area contributed by atoms with Gasteiger partial charge in [0.05, 0.1) is 25.7 Å². The van der Waals surface area contributed by atoms with Gasteiger partial charge in [0.25, 0.3) is 0 Å². The van der Waals surface area contributed by atoms with Crippen molar-refractivity contribution in [3.05, 3.63) is 0 Å². The summed E-state index contributed by atoms with van der Waals surface area (Å²) in [6, 6.07) is 0. The molecule has 0 spiro atoms. The van der Waals surface area contributed by atoms with E-state index in [1.807, 2.05) is 0 Å². The first kappa shape index (κ1) is 71.1. The summed E-state index contributed by atoms with van der Waals surface area (Å²) in [6.07, 6.45) is 37.1. The normalized spacial score (nSPS) is 16.6. The smallest absolute Gasteiger partial charge is 0.305 e. The maximum absolute atomic E-state index is 12.6. The molecule has 16 heteroatoms. The summed E-state index contributed by atoms with van der Waals surface area (Å²) in [5, 5.41) is 0. The molecule has 442 valence electrons.